The Morgan fingerprint density at radius 2 is 1.62 bits per heavy atom. The first-order chi connectivity index (χ1) is 18.1. The number of nitrogens with zero attached hydrogens (tertiary/aromatic N) is 3. The summed E-state index contributed by atoms with van der Waals surface area (Å²) in [7, 11) is 0. The molecular weight excluding hydrogens is 484 g/mol. The van der Waals surface area contributed by atoms with Crippen LogP contribution in [0.4, 0.5) is 10.7 Å². The third-order valence-electron chi connectivity index (χ3n) is 6.98. The maximum atomic E-state index is 13.1. The summed E-state index contributed by atoms with van der Waals surface area (Å²) < 4.78 is 5.39. The van der Waals surface area contributed by atoms with Gasteiger partial charge in [-0.3, -0.25) is 14.6 Å². The Kier molecular flexibility index (Phi) is 8.18. The molecule has 1 N–H and O–H groups in total. The number of carbonyl (C=O) groups excluding carboxylic acids is 2. The molecule has 0 unspecified atom stereocenters. The SMILES string of the molecule is CCOC(=O)c1c(NC(=O)CN2CCN(c3ccccc3)CC2)sc2c1CCN(Cc1ccccc1)C2. The molecule has 1 aromatic heterocycles. The molecule has 2 aliphatic heterocycles. The summed E-state index contributed by atoms with van der Waals surface area (Å²) in [5.41, 5.74) is 4.06. The minimum absolute atomic E-state index is 0.0848. The molecule has 1 amide bonds. The lowest BCUT2D eigenvalue weighted by Gasteiger charge is -2.35. The van der Waals surface area contributed by atoms with Crippen LogP contribution in [0.25, 0.3) is 0 Å². The summed E-state index contributed by atoms with van der Waals surface area (Å²) in [6.45, 7) is 8.34. The number of nitrogens with one attached hydrogen (secondary N) is 1. The first kappa shape index (κ1) is 25.4. The van der Waals surface area contributed by atoms with Crippen LogP contribution in [-0.2, 0) is 29.0 Å². The minimum atomic E-state index is -0.344. The Morgan fingerprint density at radius 3 is 2.32 bits per heavy atom. The molecule has 0 bridgehead atoms. The number of thiophene rings is 1. The molecule has 0 atom stereocenters. The lowest BCUT2D eigenvalue weighted by atomic mass is 10.0. The van der Waals surface area contributed by atoms with Crippen LogP contribution < -0.4 is 10.2 Å². The number of hydrogen-bond acceptors (Lipinski definition) is 7. The number of anilines is 2. The van der Waals surface area contributed by atoms with Gasteiger partial charge in [-0.05, 0) is 36.6 Å². The molecule has 0 aliphatic carbocycles. The van der Waals surface area contributed by atoms with Gasteiger partial charge in [0.1, 0.15) is 5.00 Å². The largest absolute Gasteiger partial charge is 0.462 e. The Hall–Kier alpha value is -3.20. The van der Waals surface area contributed by atoms with Crippen LogP contribution in [-0.4, -0.2) is 67.6 Å². The number of benzene rings is 2. The maximum absolute atomic E-state index is 13.1. The van der Waals surface area contributed by atoms with Crippen molar-refractivity contribution in [2.45, 2.75) is 26.4 Å². The Morgan fingerprint density at radius 1 is 0.919 bits per heavy atom. The van der Waals surface area contributed by atoms with Gasteiger partial charge in [0.05, 0.1) is 18.7 Å². The summed E-state index contributed by atoms with van der Waals surface area (Å²) in [5.74, 6) is -0.429. The summed E-state index contributed by atoms with van der Waals surface area (Å²) in [6.07, 6.45) is 0.768. The third kappa shape index (κ3) is 6.21. The number of hydrogen-bond donors (Lipinski definition) is 1. The predicted octanol–water partition coefficient (Wildman–Crippen LogP) is 4.24. The van der Waals surface area contributed by atoms with Crippen molar-refractivity contribution in [3.05, 3.63) is 82.2 Å². The molecule has 2 aliphatic rings. The molecule has 1 saturated heterocycles. The average Bonchev–Trinajstić information content (AvgIpc) is 3.27. The fourth-order valence-corrected chi connectivity index (χ4v) is 6.41. The number of para-hydroxylation sites is 1. The quantitative estimate of drug-likeness (QED) is 0.450. The van der Waals surface area contributed by atoms with E-state index in [1.54, 1.807) is 0 Å². The van der Waals surface area contributed by atoms with Gasteiger partial charge in [-0.1, -0.05) is 48.5 Å². The molecule has 194 valence electrons. The van der Waals surface area contributed by atoms with E-state index in [1.165, 1.54) is 22.6 Å². The fourth-order valence-electron chi connectivity index (χ4n) is 5.11. The van der Waals surface area contributed by atoms with E-state index in [9.17, 15) is 9.59 Å². The molecule has 7 nitrogen and oxygen atoms in total. The summed E-state index contributed by atoms with van der Waals surface area (Å²) >= 11 is 1.52. The number of amides is 1. The van der Waals surface area contributed by atoms with Gasteiger partial charge >= 0.3 is 5.97 Å². The maximum Gasteiger partial charge on any atom is 0.341 e. The summed E-state index contributed by atoms with van der Waals surface area (Å²) in [5, 5.41) is 3.69. The van der Waals surface area contributed by atoms with Crippen LogP contribution in [0.15, 0.2) is 60.7 Å². The monoisotopic (exact) mass is 518 g/mol. The minimum Gasteiger partial charge on any atom is -0.462 e. The second-order valence-electron chi connectivity index (χ2n) is 9.52. The molecule has 3 aromatic rings. The molecular formula is C29H34N4O3S. The van der Waals surface area contributed by atoms with E-state index in [0.29, 0.717) is 23.7 Å². The van der Waals surface area contributed by atoms with E-state index in [1.807, 2.05) is 19.1 Å². The first-order valence-electron chi connectivity index (χ1n) is 13.0. The standard InChI is InChI=1S/C29H34N4O3S/c1-2-36-29(35)27-24-13-14-32(19-22-9-5-3-6-10-22)20-25(24)37-28(27)30-26(34)21-31-15-17-33(18-16-31)23-11-7-4-8-12-23/h3-12H,2,13-21H2,1H3,(H,30,34). The van der Waals surface area contributed by atoms with Crippen molar-refractivity contribution in [2.24, 2.45) is 0 Å². The van der Waals surface area contributed by atoms with Crippen molar-refractivity contribution in [3.8, 4) is 0 Å². The van der Waals surface area contributed by atoms with Crippen molar-refractivity contribution in [1.29, 1.82) is 0 Å². The Bertz CT molecular complexity index is 1210. The highest BCUT2D eigenvalue weighted by atomic mass is 32.1. The van der Waals surface area contributed by atoms with Crippen LogP contribution >= 0.6 is 11.3 Å². The smallest absolute Gasteiger partial charge is 0.341 e. The second-order valence-corrected chi connectivity index (χ2v) is 10.6. The number of carbonyl (C=O) groups is 2. The first-order valence-corrected chi connectivity index (χ1v) is 13.8. The molecule has 3 heterocycles. The number of piperazine rings is 1. The molecule has 1 fully saturated rings. The second kappa shape index (κ2) is 11.9. The molecule has 0 radical (unpaired) electrons. The van der Waals surface area contributed by atoms with E-state index >= 15 is 0 Å². The van der Waals surface area contributed by atoms with Crippen LogP contribution in [0.3, 0.4) is 0 Å². The average molecular weight is 519 g/mol. The number of ether oxygens (including phenoxy) is 1. The van der Waals surface area contributed by atoms with Gasteiger partial charge in [0.25, 0.3) is 0 Å². The van der Waals surface area contributed by atoms with Crippen molar-refractivity contribution in [3.63, 3.8) is 0 Å². The van der Waals surface area contributed by atoms with Crippen LogP contribution in [0.2, 0.25) is 0 Å². The summed E-state index contributed by atoms with van der Waals surface area (Å²) in [4.78, 5) is 34.0. The van der Waals surface area contributed by atoms with Gasteiger partial charge in [0.2, 0.25) is 5.91 Å². The molecule has 0 saturated carbocycles. The molecule has 5 rings (SSSR count). The zero-order chi connectivity index (χ0) is 25.6. The molecule has 0 spiro atoms. The normalized spacial score (nSPS) is 16.3. The lowest BCUT2D eigenvalue weighted by Crippen LogP contribution is -2.48. The van der Waals surface area contributed by atoms with Crippen LogP contribution in [0, 0.1) is 0 Å². The zero-order valence-corrected chi connectivity index (χ0v) is 22.1. The van der Waals surface area contributed by atoms with Gasteiger partial charge in [-0.2, -0.15) is 0 Å². The van der Waals surface area contributed by atoms with E-state index in [4.69, 9.17) is 4.74 Å². The number of fused-ring (bicyclic) bond motifs is 1. The molecule has 8 heteroatoms. The lowest BCUT2D eigenvalue weighted by molar-refractivity contribution is -0.117. The topological polar surface area (TPSA) is 65.1 Å². The zero-order valence-electron chi connectivity index (χ0n) is 21.3. The van der Waals surface area contributed by atoms with Crippen LogP contribution in [0.1, 0.15) is 33.3 Å². The highest BCUT2D eigenvalue weighted by Gasteiger charge is 2.30. The van der Waals surface area contributed by atoms with E-state index in [0.717, 1.165) is 62.7 Å². The van der Waals surface area contributed by atoms with Crippen molar-refractivity contribution >= 4 is 33.9 Å². The van der Waals surface area contributed by atoms with Crippen molar-refractivity contribution < 1.29 is 14.3 Å². The van der Waals surface area contributed by atoms with E-state index < -0.39 is 0 Å². The van der Waals surface area contributed by atoms with Gasteiger partial charge in [0, 0.05) is 56.4 Å². The van der Waals surface area contributed by atoms with E-state index in [2.05, 4.69) is 68.5 Å². The van der Waals surface area contributed by atoms with Crippen molar-refractivity contribution in [1.82, 2.24) is 9.80 Å². The van der Waals surface area contributed by atoms with Gasteiger partial charge in [-0.25, -0.2) is 4.79 Å². The fraction of sp³-hybridized carbons (Fsp3) is 0.379. The predicted molar refractivity (Wildman–Crippen MR) is 148 cm³/mol. The third-order valence-corrected chi connectivity index (χ3v) is 8.11. The molecule has 37 heavy (non-hydrogen) atoms. The van der Waals surface area contributed by atoms with Crippen LogP contribution in [0.5, 0.6) is 0 Å². The number of esters is 1. The highest BCUT2D eigenvalue weighted by Crippen LogP contribution is 2.38. The van der Waals surface area contributed by atoms with Gasteiger partial charge in [0.15, 0.2) is 0 Å². The van der Waals surface area contributed by atoms with Crippen molar-refractivity contribution in [2.75, 3.05) is 56.1 Å². The Balaban J connectivity index is 1.23. The van der Waals surface area contributed by atoms with Gasteiger partial charge in [-0.15, -0.1) is 11.3 Å². The van der Waals surface area contributed by atoms with Gasteiger partial charge < -0.3 is 15.0 Å². The van der Waals surface area contributed by atoms with E-state index in [-0.39, 0.29) is 11.9 Å². The molecule has 2 aromatic carbocycles. The number of rotatable bonds is 8. The highest BCUT2D eigenvalue weighted by molar-refractivity contribution is 7.17. The summed E-state index contributed by atoms with van der Waals surface area (Å²) in [6, 6.07) is 20.8. The Labute approximate surface area is 222 Å².